The number of benzene rings is 1. The van der Waals surface area contributed by atoms with Crippen molar-refractivity contribution in [2.75, 3.05) is 18.0 Å². The molecule has 29 heavy (non-hydrogen) atoms. The van der Waals surface area contributed by atoms with E-state index in [1.807, 2.05) is 24.3 Å². The standard InChI is InChI=1S/C24H33N3O2/c1-15(28)25-20-8-9-27(14-20)21-5-3-18(4-6-21)24(29)26-23-7-2-16-10-17-12-19(11-16)22(23)13-17/h3-6,16-17,19-20,22-23H,2,7-14H2,1H3,(H,25,28)(H,26,29)/t16?,17?,19?,20-,22?,23?/m0/s1. The van der Waals surface area contributed by atoms with E-state index in [0.717, 1.165) is 54.9 Å². The molecule has 1 saturated heterocycles. The molecule has 3 aliphatic carbocycles. The summed E-state index contributed by atoms with van der Waals surface area (Å²) in [5.41, 5.74) is 1.88. The summed E-state index contributed by atoms with van der Waals surface area (Å²) in [5.74, 6) is 3.49. The van der Waals surface area contributed by atoms with Crippen LogP contribution >= 0.6 is 0 Å². The van der Waals surface area contributed by atoms with Crippen molar-refractivity contribution in [2.24, 2.45) is 23.7 Å². The van der Waals surface area contributed by atoms with Crippen molar-refractivity contribution in [3.63, 3.8) is 0 Å². The SMILES string of the molecule is CC(=O)N[C@H]1CCN(c2ccc(C(=O)NC3CCC4CC5CC(C4)C3C5)cc2)C1. The molecular formula is C24H33N3O2. The van der Waals surface area contributed by atoms with Gasteiger partial charge in [0.05, 0.1) is 0 Å². The van der Waals surface area contributed by atoms with Gasteiger partial charge in [-0.3, -0.25) is 9.59 Å². The van der Waals surface area contributed by atoms with E-state index in [2.05, 4.69) is 15.5 Å². The molecule has 2 N–H and O–H groups in total. The molecule has 4 fully saturated rings. The van der Waals surface area contributed by atoms with Crippen LogP contribution in [0.15, 0.2) is 24.3 Å². The number of rotatable bonds is 4. The highest BCUT2D eigenvalue weighted by Gasteiger charge is 2.46. The van der Waals surface area contributed by atoms with Crippen molar-refractivity contribution < 1.29 is 9.59 Å². The van der Waals surface area contributed by atoms with Crippen LogP contribution in [0.1, 0.15) is 62.2 Å². The first-order chi connectivity index (χ1) is 14.0. The third-order valence-electron chi connectivity index (χ3n) is 7.96. The first kappa shape index (κ1) is 19.0. The van der Waals surface area contributed by atoms with Gasteiger partial charge in [-0.25, -0.2) is 0 Å². The van der Waals surface area contributed by atoms with Crippen molar-refractivity contribution in [1.29, 1.82) is 0 Å². The number of anilines is 1. The molecule has 6 atom stereocenters. The summed E-state index contributed by atoms with van der Waals surface area (Å²) in [7, 11) is 0. The zero-order valence-corrected chi connectivity index (χ0v) is 17.4. The van der Waals surface area contributed by atoms with Gasteiger partial charge in [-0.2, -0.15) is 0 Å². The van der Waals surface area contributed by atoms with Crippen LogP contribution in [0.25, 0.3) is 0 Å². The summed E-state index contributed by atoms with van der Waals surface area (Å²) in [6.45, 7) is 3.34. The van der Waals surface area contributed by atoms with Crippen molar-refractivity contribution >= 4 is 17.5 Å². The molecule has 2 amide bonds. The number of fused-ring (bicyclic) bond motifs is 2. The Kier molecular flexibility index (Phi) is 5.00. The van der Waals surface area contributed by atoms with E-state index in [0.29, 0.717) is 12.0 Å². The van der Waals surface area contributed by atoms with Crippen molar-refractivity contribution in [3.05, 3.63) is 29.8 Å². The minimum atomic E-state index is 0.0317. The number of amides is 2. The number of carbonyl (C=O) groups excluding carboxylic acids is 2. The van der Waals surface area contributed by atoms with Crippen molar-refractivity contribution in [1.82, 2.24) is 10.6 Å². The summed E-state index contributed by atoms with van der Waals surface area (Å²) in [5, 5.41) is 6.41. The Labute approximate surface area is 173 Å². The van der Waals surface area contributed by atoms with Gasteiger partial charge >= 0.3 is 0 Å². The van der Waals surface area contributed by atoms with Crippen LogP contribution in [-0.4, -0.2) is 37.0 Å². The lowest BCUT2D eigenvalue weighted by atomic mass is 9.80. The average Bonchev–Trinajstić information content (AvgIpc) is 3.25. The molecular weight excluding hydrogens is 362 g/mol. The lowest BCUT2D eigenvalue weighted by molar-refractivity contribution is -0.119. The highest BCUT2D eigenvalue weighted by atomic mass is 16.2. The van der Waals surface area contributed by atoms with Crippen LogP contribution in [-0.2, 0) is 4.79 Å². The molecule has 0 spiro atoms. The van der Waals surface area contributed by atoms with E-state index in [1.165, 1.54) is 32.1 Å². The van der Waals surface area contributed by atoms with Gasteiger partial charge in [0.2, 0.25) is 5.91 Å². The van der Waals surface area contributed by atoms with Crippen LogP contribution in [0.4, 0.5) is 5.69 Å². The number of carbonyl (C=O) groups is 2. The quantitative estimate of drug-likeness (QED) is 0.822. The van der Waals surface area contributed by atoms with Crippen molar-refractivity contribution in [3.8, 4) is 0 Å². The molecule has 5 heteroatoms. The smallest absolute Gasteiger partial charge is 0.251 e. The Morgan fingerprint density at radius 2 is 1.72 bits per heavy atom. The zero-order chi connectivity index (χ0) is 20.0. The first-order valence-corrected chi connectivity index (χ1v) is 11.5. The third kappa shape index (κ3) is 3.88. The molecule has 5 nitrogen and oxygen atoms in total. The van der Waals surface area contributed by atoms with E-state index in [-0.39, 0.29) is 17.9 Å². The predicted molar refractivity (Wildman–Crippen MR) is 114 cm³/mol. The molecule has 1 aliphatic heterocycles. The Morgan fingerprint density at radius 3 is 2.52 bits per heavy atom. The number of hydrogen-bond donors (Lipinski definition) is 2. The van der Waals surface area contributed by atoms with Gasteiger partial charge in [0.25, 0.3) is 5.91 Å². The molecule has 0 radical (unpaired) electrons. The first-order valence-electron chi connectivity index (χ1n) is 11.5. The van der Waals surface area contributed by atoms with E-state index in [1.54, 1.807) is 6.92 Å². The molecule has 1 aromatic carbocycles. The second kappa shape index (κ2) is 7.66. The molecule has 3 saturated carbocycles. The van der Waals surface area contributed by atoms with Crippen LogP contribution in [0.3, 0.4) is 0 Å². The number of nitrogens with zero attached hydrogens (tertiary/aromatic N) is 1. The maximum Gasteiger partial charge on any atom is 0.251 e. The molecule has 0 aromatic heterocycles. The zero-order valence-electron chi connectivity index (χ0n) is 17.4. The Morgan fingerprint density at radius 1 is 0.931 bits per heavy atom. The largest absolute Gasteiger partial charge is 0.369 e. The van der Waals surface area contributed by atoms with Gasteiger partial charge in [-0.05, 0) is 92.9 Å². The van der Waals surface area contributed by atoms with Crippen LogP contribution < -0.4 is 15.5 Å². The average molecular weight is 396 g/mol. The number of nitrogens with one attached hydrogen (secondary N) is 2. The maximum absolute atomic E-state index is 12.9. The van der Waals surface area contributed by atoms with Crippen LogP contribution in [0, 0.1) is 23.7 Å². The monoisotopic (exact) mass is 395 g/mol. The topological polar surface area (TPSA) is 61.4 Å². The van der Waals surface area contributed by atoms with Crippen LogP contribution in [0.5, 0.6) is 0 Å². The summed E-state index contributed by atoms with van der Waals surface area (Å²) >= 11 is 0. The van der Waals surface area contributed by atoms with Crippen molar-refractivity contribution in [2.45, 2.75) is 64.0 Å². The minimum Gasteiger partial charge on any atom is -0.369 e. The highest BCUT2D eigenvalue weighted by molar-refractivity contribution is 5.94. The van der Waals surface area contributed by atoms with E-state index in [4.69, 9.17) is 0 Å². The number of hydrogen-bond acceptors (Lipinski definition) is 3. The fourth-order valence-electron chi connectivity index (χ4n) is 6.75. The summed E-state index contributed by atoms with van der Waals surface area (Å²) < 4.78 is 0. The molecule has 156 valence electrons. The lowest BCUT2D eigenvalue weighted by Gasteiger charge is -2.27. The van der Waals surface area contributed by atoms with Crippen LogP contribution in [0.2, 0.25) is 0 Å². The molecule has 4 aliphatic rings. The summed E-state index contributed by atoms with van der Waals surface area (Å²) in [6.07, 6.45) is 8.98. The second-order valence-electron chi connectivity index (χ2n) is 9.94. The maximum atomic E-state index is 12.9. The molecule has 1 heterocycles. The minimum absolute atomic E-state index is 0.0317. The lowest BCUT2D eigenvalue weighted by Crippen LogP contribution is -2.41. The Hall–Kier alpha value is -2.04. The van der Waals surface area contributed by atoms with Gasteiger partial charge in [0.15, 0.2) is 0 Å². The normalized spacial score (nSPS) is 35.4. The van der Waals surface area contributed by atoms with Gasteiger partial charge in [0, 0.05) is 43.3 Å². The fraction of sp³-hybridized carbons (Fsp3) is 0.667. The fourth-order valence-corrected chi connectivity index (χ4v) is 6.75. The van der Waals surface area contributed by atoms with Gasteiger partial charge in [0.1, 0.15) is 0 Å². The van der Waals surface area contributed by atoms with Gasteiger partial charge in [-0.1, -0.05) is 0 Å². The summed E-state index contributed by atoms with van der Waals surface area (Å²) in [6, 6.07) is 8.58. The van der Waals surface area contributed by atoms with E-state index >= 15 is 0 Å². The highest BCUT2D eigenvalue weighted by Crippen LogP contribution is 2.53. The molecule has 5 unspecified atom stereocenters. The third-order valence-corrected chi connectivity index (χ3v) is 7.96. The van der Waals surface area contributed by atoms with E-state index < -0.39 is 0 Å². The van der Waals surface area contributed by atoms with E-state index in [9.17, 15) is 9.59 Å². The van der Waals surface area contributed by atoms with Gasteiger partial charge in [-0.15, -0.1) is 0 Å². The summed E-state index contributed by atoms with van der Waals surface area (Å²) in [4.78, 5) is 26.5. The predicted octanol–water partition coefficient (Wildman–Crippen LogP) is 3.35. The molecule has 5 rings (SSSR count). The second-order valence-corrected chi connectivity index (χ2v) is 9.94. The Balaban J connectivity index is 1.20. The Bertz CT molecular complexity index is 777. The van der Waals surface area contributed by atoms with Gasteiger partial charge < -0.3 is 15.5 Å². The molecule has 1 aromatic rings. The molecule has 3 bridgehead atoms.